The van der Waals surface area contributed by atoms with Crippen molar-refractivity contribution in [1.29, 1.82) is 0 Å². The predicted molar refractivity (Wildman–Crippen MR) is 86.7 cm³/mol. The van der Waals surface area contributed by atoms with Crippen LogP contribution in [0.15, 0.2) is 0 Å². The van der Waals surface area contributed by atoms with Crippen LogP contribution in [0, 0.1) is 0 Å². The quantitative estimate of drug-likeness (QED) is 0.400. The van der Waals surface area contributed by atoms with E-state index in [-0.39, 0.29) is 19.6 Å². The highest BCUT2D eigenvalue weighted by Crippen LogP contribution is 1.97. The maximum atomic E-state index is 11.1. The van der Waals surface area contributed by atoms with E-state index < -0.39 is 17.8 Å². The lowest BCUT2D eigenvalue weighted by atomic mass is 10.3. The summed E-state index contributed by atoms with van der Waals surface area (Å²) in [5.74, 6) is -2.26. The number of carboxylic acid groups (broad SMARTS) is 2. The number of nitrogens with two attached hydrogens (primary N) is 1. The monoisotopic (exact) mass is 345 g/mol. The third-order valence-corrected chi connectivity index (χ3v) is 3.77. The van der Waals surface area contributed by atoms with E-state index >= 15 is 0 Å². The zero-order valence-corrected chi connectivity index (χ0v) is 13.8. The number of carbonyl (C=O) groups excluding carboxylic acids is 1. The second-order valence-corrected chi connectivity index (χ2v) is 5.83. The van der Waals surface area contributed by atoms with Gasteiger partial charge in [0.1, 0.15) is 0 Å². The van der Waals surface area contributed by atoms with Gasteiger partial charge < -0.3 is 21.3 Å². The van der Waals surface area contributed by atoms with Gasteiger partial charge in [-0.3, -0.25) is 29.1 Å². The Morgan fingerprint density at radius 1 is 0.750 bits per heavy atom. The van der Waals surface area contributed by atoms with Gasteiger partial charge in [-0.05, 0) is 0 Å². The summed E-state index contributed by atoms with van der Waals surface area (Å²) in [6.45, 7) is 4.29. The first-order valence-corrected chi connectivity index (χ1v) is 7.96. The second kappa shape index (κ2) is 10.9. The molecular formula is C14H27N5O5. The molecule has 24 heavy (non-hydrogen) atoms. The first-order chi connectivity index (χ1) is 11.4. The molecule has 10 heteroatoms. The highest BCUT2D eigenvalue weighted by Gasteiger charge is 2.17. The lowest BCUT2D eigenvalue weighted by Crippen LogP contribution is -2.48. The summed E-state index contributed by atoms with van der Waals surface area (Å²) < 4.78 is 0. The topological polar surface area (TPSA) is 139 Å². The number of nitrogens with zero attached hydrogens (tertiary/aromatic N) is 3. The van der Waals surface area contributed by atoms with Crippen LogP contribution in [-0.4, -0.2) is 115 Å². The van der Waals surface area contributed by atoms with Crippen molar-refractivity contribution in [3.05, 3.63) is 0 Å². The molecule has 1 heterocycles. The van der Waals surface area contributed by atoms with Crippen molar-refractivity contribution in [3.8, 4) is 0 Å². The van der Waals surface area contributed by atoms with E-state index in [1.165, 1.54) is 0 Å². The van der Waals surface area contributed by atoms with Gasteiger partial charge in [0.2, 0.25) is 5.91 Å². The molecule has 0 aromatic rings. The SMILES string of the molecule is NC(=O)CN1CCNCCN(CC(=O)O)CCN(CC(=O)O)CC1. The van der Waals surface area contributed by atoms with Crippen molar-refractivity contribution in [2.24, 2.45) is 5.73 Å². The van der Waals surface area contributed by atoms with Crippen LogP contribution in [0.3, 0.4) is 0 Å². The van der Waals surface area contributed by atoms with Crippen molar-refractivity contribution in [1.82, 2.24) is 20.0 Å². The number of primary amides is 1. The second-order valence-electron chi connectivity index (χ2n) is 5.83. The van der Waals surface area contributed by atoms with E-state index in [0.29, 0.717) is 52.4 Å². The molecule has 1 rings (SSSR count). The molecule has 1 fully saturated rings. The van der Waals surface area contributed by atoms with E-state index in [1.807, 2.05) is 4.90 Å². The van der Waals surface area contributed by atoms with Gasteiger partial charge in [0.05, 0.1) is 19.6 Å². The van der Waals surface area contributed by atoms with Crippen molar-refractivity contribution in [3.63, 3.8) is 0 Å². The molecule has 0 radical (unpaired) electrons. The Hall–Kier alpha value is -1.75. The van der Waals surface area contributed by atoms with Gasteiger partial charge in [-0.1, -0.05) is 0 Å². The summed E-state index contributed by atoms with van der Waals surface area (Å²) in [6, 6.07) is 0. The van der Waals surface area contributed by atoms with Gasteiger partial charge in [-0.2, -0.15) is 0 Å². The van der Waals surface area contributed by atoms with Crippen molar-refractivity contribution >= 4 is 17.8 Å². The molecule has 0 atom stereocenters. The van der Waals surface area contributed by atoms with E-state index in [9.17, 15) is 14.4 Å². The molecule has 1 amide bonds. The van der Waals surface area contributed by atoms with Gasteiger partial charge in [0.15, 0.2) is 0 Å². The van der Waals surface area contributed by atoms with Gasteiger partial charge in [0, 0.05) is 52.4 Å². The lowest BCUT2D eigenvalue weighted by Gasteiger charge is -2.29. The van der Waals surface area contributed by atoms with Crippen LogP contribution in [0.1, 0.15) is 0 Å². The van der Waals surface area contributed by atoms with E-state index in [4.69, 9.17) is 15.9 Å². The largest absolute Gasteiger partial charge is 0.480 e. The zero-order chi connectivity index (χ0) is 17.9. The first-order valence-electron chi connectivity index (χ1n) is 7.96. The average molecular weight is 345 g/mol. The Morgan fingerprint density at radius 2 is 1.12 bits per heavy atom. The number of hydrogen-bond donors (Lipinski definition) is 4. The van der Waals surface area contributed by atoms with Crippen LogP contribution in [0.5, 0.6) is 0 Å². The fourth-order valence-corrected chi connectivity index (χ4v) is 2.58. The van der Waals surface area contributed by atoms with Crippen LogP contribution in [-0.2, 0) is 14.4 Å². The van der Waals surface area contributed by atoms with Crippen molar-refractivity contribution < 1.29 is 24.6 Å². The summed E-state index contributed by atoms with van der Waals surface area (Å²) in [4.78, 5) is 38.5. The molecule has 0 aromatic carbocycles. The van der Waals surface area contributed by atoms with Gasteiger partial charge >= 0.3 is 11.9 Å². The average Bonchev–Trinajstić information content (AvgIpc) is 2.45. The predicted octanol–water partition coefficient (Wildman–Crippen LogP) is -2.85. The molecule has 10 nitrogen and oxygen atoms in total. The highest BCUT2D eigenvalue weighted by atomic mass is 16.4. The highest BCUT2D eigenvalue weighted by molar-refractivity contribution is 5.75. The van der Waals surface area contributed by atoms with Gasteiger partial charge in [-0.25, -0.2) is 0 Å². The number of amides is 1. The number of aliphatic carboxylic acids is 2. The van der Waals surface area contributed by atoms with E-state index in [1.54, 1.807) is 9.80 Å². The van der Waals surface area contributed by atoms with Gasteiger partial charge in [0.25, 0.3) is 0 Å². The van der Waals surface area contributed by atoms with Crippen LogP contribution < -0.4 is 11.1 Å². The Kier molecular flexibility index (Phi) is 9.23. The van der Waals surface area contributed by atoms with Crippen LogP contribution >= 0.6 is 0 Å². The lowest BCUT2D eigenvalue weighted by molar-refractivity contribution is -0.140. The molecule has 138 valence electrons. The molecule has 5 N–H and O–H groups in total. The summed E-state index contributed by atoms with van der Waals surface area (Å²) in [7, 11) is 0. The molecule has 0 spiro atoms. The van der Waals surface area contributed by atoms with E-state index in [0.717, 1.165) is 0 Å². The van der Waals surface area contributed by atoms with Gasteiger partial charge in [-0.15, -0.1) is 0 Å². The number of hydrogen-bond acceptors (Lipinski definition) is 7. The molecule has 0 saturated carbocycles. The first kappa shape index (κ1) is 20.3. The fourth-order valence-electron chi connectivity index (χ4n) is 2.58. The Labute approximate surface area is 141 Å². The number of carbonyl (C=O) groups is 3. The minimum atomic E-state index is -0.935. The van der Waals surface area contributed by atoms with Crippen molar-refractivity contribution in [2.45, 2.75) is 0 Å². The molecular weight excluding hydrogens is 318 g/mol. The third kappa shape index (κ3) is 9.40. The number of nitrogens with one attached hydrogen (secondary N) is 1. The smallest absolute Gasteiger partial charge is 0.317 e. The molecule has 1 aliphatic rings. The maximum absolute atomic E-state index is 11.1. The molecule has 1 saturated heterocycles. The minimum absolute atomic E-state index is 0.0730. The summed E-state index contributed by atoms with van der Waals surface area (Å²) in [5, 5.41) is 21.2. The standard InChI is InChI=1S/C14H27N5O5/c15-12(20)9-17-3-1-16-2-4-18(10-13(21)22)6-8-19(7-5-17)11-14(23)24/h16H,1-11H2,(H2,15,20)(H,21,22)(H,23,24). The summed E-state index contributed by atoms with van der Waals surface area (Å²) in [6.07, 6.45) is 0. The van der Waals surface area contributed by atoms with Crippen molar-refractivity contribution in [2.75, 3.05) is 72.0 Å². The normalized spacial score (nSPS) is 20.0. The molecule has 0 bridgehead atoms. The van der Waals surface area contributed by atoms with Crippen LogP contribution in [0.4, 0.5) is 0 Å². The Balaban J connectivity index is 2.68. The van der Waals surface area contributed by atoms with Crippen LogP contribution in [0.2, 0.25) is 0 Å². The molecule has 1 aliphatic heterocycles. The molecule has 0 aliphatic carbocycles. The molecule has 0 aromatic heterocycles. The number of carboxylic acids is 2. The zero-order valence-electron chi connectivity index (χ0n) is 13.8. The summed E-state index contributed by atoms with van der Waals surface area (Å²) in [5.41, 5.74) is 5.25. The molecule has 0 unspecified atom stereocenters. The number of rotatable bonds is 6. The minimum Gasteiger partial charge on any atom is -0.480 e. The third-order valence-electron chi connectivity index (χ3n) is 3.77. The summed E-state index contributed by atoms with van der Waals surface area (Å²) >= 11 is 0. The van der Waals surface area contributed by atoms with E-state index in [2.05, 4.69) is 5.32 Å². The Morgan fingerprint density at radius 3 is 1.50 bits per heavy atom. The fraction of sp³-hybridized carbons (Fsp3) is 0.786. The van der Waals surface area contributed by atoms with Crippen LogP contribution in [0.25, 0.3) is 0 Å². The maximum Gasteiger partial charge on any atom is 0.317 e. The Bertz CT molecular complexity index is 404.